The molecule has 2 N–H and O–H groups in total. The second-order valence-corrected chi connectivity index (χ2v) is 2.04. The fourth-order valence-electron chi connectivity index (χ4n) is 0.817. The molecule has 2 heteroatoms. The van der Waals surface area contributed by atoms with Gasteiger partial charge in [0.05, 0.1) is 0 Å². The zero-order valence-electron chi connectivity index (χ0n) is 4.84. The van der Waals surface area contributed by atoms with E-state index < -0.39 is 0 Å². The molecule has 0 amide bonds. The summed E-state index contributed by atoms with van der Waals surface area (Å²) in [6.07, 6.45) is 7.80. The van der Waals surface area contributed by atoms with Gasteiger partial charge in [-0.15, -0.1) is 12.4 Å². The molecule has 0 aromatic rings. The van der Waals surface area contributed by atoms with Gasteiger partial charge in [-0.3, -0.25) is 0 Å². The van der Waals surface area contributed by atoms with Crippen molar-refractivity contribution in [3.05, 3.63) is 12.2 Å². The monoisotopic (exact) mass is 133 g/mol. The van der Waals surface area contributed by atoms with Crippen molar-refractivity contribution in [1.29, 1.82) is 0 Å². The van der Waals surface area contributed by atoms with Crippen molar-refractivity contribution in [3.63, 3.8) is 0 Å². The van der Waals surface area contributed by atoms with E-state index in [1.54, 1.807) is 0 Å². The number of rotatable bonds is 0. The fourth-order valence-corrected chi connectivity index (χ4v) is 0.817. The lowest BCUT2D eigenvalue weighted by Crippen LogP contribution is -2.19. The molecule has 0 fully saturated rings. The first-order valence-corrected chi connectivity index (χ1v) is 2.80. The Bertz CT molecular complexity index is 80.6. The van der Waals surface area contributed by atoms with Crippen LogP contribution in [-0.2, 0) is 0 Å². The SMILES string of the molecule is Cl.N[C@H]1CC=CCC1. The van der Waals surface area contributed by atoms with Gasteiger partial charge in [0, 0.05) is 6.04 Å². The molecule has 8 heavy (non-hydrogen) atoms. The summed E-state index contributed by atoms with van der Waals surface area (Å²) in [5.41, 5.74) is 5.58. The summed E-state index contributed by atoms with van der Waals surface area (Å²) in [6, 6.07) is 0.449. The van der Waals surface area contributed by atoms with E-state index >= 15 is 0 Å². The Morgan fingerprint density at radius 2 is 2.12 bits per heavy atom. The lowest BCUT2D eigenvalue weighted by Gasteiger charge is -2.09. The predicted molar refractivity (Wildman–Crippen MR) is 38.2 cm³/mol. The molecule has 0 bridgehead atoms. The Hall–Kier alpha value is -0.0100. The first kappa shape index (κ1) is 7.99. The highest BCUT2D eigenvalue weighted by molar-refractivity contribution is 5.85. The van der Waals surface area contributed by atoms with Crippen LogP contribution in [0.15, 0.2) is 12.2 Å². The molecule has 1 nitrogen and oxygen atoms in total. The maximum absolute atomic E-state index is 5.58. The molecule has 0 heterocycles. The van der Waals surface area contributed by atoms with Crippen molar-refractivity contribution in [2.24, 2.45) is 5.73 Å². The third-order valence-electron chi connectivity index (χ3n) is 1.31. The minimum atomic E-state index is 0. The van der Waals surface area contributed by atoms with Crippen LogP contribution in [0.3, 0.4) is 0 Å². The molecule has 0 saturated heterocycles. The first-order valence-electron chi connectivity index (χ1n) is 2.80. The molecule has 1 aliphatic rings. The Kier molecular flexibility index (Phi) is 3.92. The fraction of sp³-hybridized carbons (Fsp3) is 0.667. The predicted octanol–water partition coefficient (Wildman–Crippen LogP) is 1.48. The normalized spacial score (nSPS) is 26.9. The highest BCUT2D eigenvalue weighted by Gasteiger charge is 2.00. The van der Waals surface area contributed by atoms with E-state index in [0.717, 1.165) is 6.42 Å². The smallest absolute Gasteiger partial charge is 0.00763 e. The molecule has 1 rings (SSSR count). The van der Waals surface area contributed by atoms with Crippen molar-refractivity contribution in [3.8, 4) is 0 Å². The minimum Gasteiger partial charge on any atom is -0.327 e. The van der Waals surface area contributed by atoms with Crippen LogP contribution >= 0.6 is 12.4 Å². The van der Waals surface area contributed by atoms with Crippen molar-refractivity contribution in [2.75, 3.05) is 0 Å². The molecule has 0 aliphatic heterocycles. The Morgan fingerprint density at radius 1 is 1.38 bits per heavy atom. The molecule has 0 radical (unpaired) electrons. The van der Waals surface area contributed by atoms with E-state index in [2.05, 4.69) is 12.2 Å². The molecule has 48 valence electrons. The number of hydrogen-bond donors (Lipinski definition) is 1. The molecule has 0 spiro atoms. The van der Waals surface area contributed by atoms with Crippen LogP contribution in [0, 0.1) is 0 Å². The zero-order valence-corrected chi connectivity index (χ0v) is 5.66. The first-order chi connectivity index (χ1) is 3.39. The van der Waals surface area contributed by atoms with Crippen LogP contribution in [0.2, 0.25) is 0 Å². The van der Waals surface area contributed by atoms with E-state index in [1.807, 2.05) is 0 Å². The largest absolute Gasteiger partial charge is 0.327 e. The van der Waals surface area contributed by atoms with E-state index in [0.29, 0.717) is 6.04 Å². The summed E-state index contributed by atoms with van der Waals surface area (Å²) in [5, 5.41) is 0. The second-order valence-electron chi connectivity index (χ2n) is 2.04. The van der Waals surface area contributed by atoms with Gasteiger partial charge < -0.3 is 5.73 Å². The summed E-state index contributed by atoms with van der Waals surface area (Å²) in [4.78, 5) is 0. The third kappa shape index (κ3) is 2.34. The van der Waals surface area contributed by atoms with Crippen molar-refractivity contribution in [1.82, 2.24) is 0 Å². The van der Waals surface area contributed by atoms with E-state index in [1.165, 1.54) is 12.8 Å². The van der Waals surface area contributed by atoms with E-state index in [9.17, 15) is 0 Å². The topological polar surface area (TPSA) is 26.0 Å². The van der Waals surface area contributed by atoms with Gasteiger partial charge in [0.25, 0.3) is 0 Å². The van der Waals surface area contributed by atoms with Gasteiger partial charge in [0.1, 0.15) is 0 Å². The number of nitrogens with two attached hydrogens (primary N) is 1. The molecule has 1 atom stereocenters. The maximum Gasteiger partial charge on any atom is 0.00763 e. The summed E-state index contributed by atoms with van der Waals surface area (Å²) in [7, 11) is 0. The average Bonchev–Trinajstić information content (AvgIpc) is 1.69. The molecule has 1 aliphatic carbocycles. The molecule has 0 aromatic carbocycles. The summed E-state index contributed by atoms with van der Waals surface area (Å²) >= 11 is 0. The van der Waals surface area contributed by atoms with Gasteiger partial charge in [-0.1, -0.05) is 12.2 Å². The van der Waals surface area contributed by atoms with Gasteiger partial charge in [0.15, 0.2) is 0 Å². The van der Waals surface area contributed by atoms with Gasteiger partial charge in [-0.2, -0.15) is 0 Å². The summed E-state index contributed by atoms with van der Waals surface area (Å²) < 4.78 is 0. The van der Waals surface area contributed by atoms with Crippen molar-refractivity contribution >= 4 is 12.4 Å². The van der Waals surface area contributed by atoms with Gasteiger partial charge >= 0.3 is 0 Å². The van der Waals surface area contributed by atoms with Gasteiger partial charge in [0.2, 0.25) is 0 Å². The van der Waals surface area contributed by atoms with Crippen LogP contribution in [-0.4, -0.2) is 6.04 Å². The highest BCUT2D eigenvalue weighted by atomic mass is 35.5. The van der Waals surface area contributed by atoms with Crippen LogP contribution in [0.5, 0.6) is 0 Å². The number of allylic oxidation sites excluding steroid dienone is 1. The number of halogens is 1. The van der Waals surface area contributed by atoms with E-state index in [4.69, 9.17) is 5.73 Å². The lowest BCUT2D eigenvalue weighted by atomic mass is 10.0. The zero-order chi connectivity index (χ0) is 5.11. The Labute approximate surface area is 56.4 Å². The molecule has 0 aromatic heterocycles. The summed E-state index contributed by atoms with van der Waals surface area (Å²) in [5.74, 6) is 0. The standard InChI is InChI=1S/C6H11N.ClH/c7-6-4-2-1-3-5-6;/h1-2,6H,3-5,7H2;1H/t6-;/m0./s1. The van der Waals surface area contributed by atoms with Gasteiger partial charge in [-0.05, 0) is 19.3 Å². The quantitative estimate of drug-likeness (QED) is 0.498. The van der Waals surface area contributed by atoms with Crippen LogP contribution in [0.25, 0.3) is 0 Å². The van der Waals surface area contributed by atoms with Crippen molar-refractivity contribution < 1.29 is 0 Å². The van der Waals surface area contributed by atoms with Crippen LogP contribution in [0.1, 0.15) is 19.3 Å². The van der Waals surface area contributed by atoms with Crippen molar-refractivity contribution in [2.45, 2.75) is 25.3 Å². The number of hydrogen-bond acceptors (Lipinski definition) is 1. The minimum absolute atomic E-state index is 0. The average molecular weight is 134 g/mol. The van der Waals surface area contributed by atoms with Gasteiger partial charge in [-0.25, -0.2) is 0 Å². The summed E-state index contributed by atoms with van der Waals surface area (Å²) in [6.45, 7) is 0. The second kappa shape index (κ2) is 3.93. The van der Waals surface area contributed by atoms with Crippen LogP contribution in [0.4, 0.5) is 0 Å². The third-order valence-corrected chi connectivity index (χ3v) is 1.31. The Morgan fingerprint density at radius 3 is 2.38 bits per heavy atom. The molecular formula is C6H12ClN. The van der Waals surface area contributed by atoms with Crippen LogP contribution < -0.4 is 5.73 Å². The maximum atomic E-state index is 5.58. The molecular weight excluding hydrogens is 122 g/mol. The molecule has 0 unspecified atom stereocenters. The molecule has 0 saturated carbocycles. The Balaban J connectivity index is 0.000000490. The van der Waals surface area contributed by atoms with E-state index in [-0.39, 0.29) is 12.4 Å². The lowest BCUT2D eigenvalue weighted by molar-refractivity contribution is 0.606. The highest BCUT2D eigenvalue weighted by Crippen LogP contribution is 2.06.